The molecule has 2 aromatic carbocycles. The summed E-state index contributed by atoms with van der Waals surface area (Å²) in [6.07, 6.45) is 0.628. The number of ether oxygens (including phenoxy) is 1. The minimum Gasteiger partial charge on any atom is -0.447 e. The number of ketones is 1. The highest BCUT2D eigenvalue weighted by Crippen LogP contribution is 2.42. The van der Waals surface area contributed by atoms with E-state index in [1.807, 2.05) is 32.0 Å². The van der Waals surface area contributed by atoms with E-state index in [0.29, 0.717) is 31.0 Å². The molecule has 0 saturated carbocycles. The number of nitrogens with zero attached hydrogens (tertiary/aromatic N) is 1. The summed E-state index contributed by atoms with van der Waals surface area (Å²) >= 11 is 6.10. The maximum Gasteiger partial charge on any atom is 0.410 e. The fourth-order valence-corrected chi connectivity index (χ4v) is 4.07. The molecular formula is C20H20ClNO3. The first-order valence-corrected chi connectivity index (χ1v) is 8.94. The Morgan fingerprint density at radius 1 is 1.16 bits per heavy atom. The van der Waals surface area contributed by atoms with Gasteiger partial charge in [-0.25, -0.2) is 4.79 Å². The fourth-order valence-electron chi connectivity index (χ4n) is 3.89. The predicted octanol–water partition coefficient (Wildman–Crippen LogP) is 4.01. The number of Topliss-reactive ketones (excluding diaryl/α,β-unsaturated/α-hetero) is 1. The van der Waals surface area contributed by atoms with Crippen molar-refractivity contribution >= 4 is 34.2 Å². The van der Waals surface area contributed by atoms with Crippen LogP contribution >= 0.6 is 11.6 Å². The van der Waals surface area contributed by atoms with Gasteiger partial charge in [0.25, 0.3) is 0 Å². The number of carbonyl (C=O) groups is 2. The van der Waals surface area contributed by atoms with E-state index in [-0.39, 0.29) is 18.0 Å². The minimum atomic E-state index is -0.449. The van der Waals surface area contributed by atoms with Gasteiger partial charge >= 0.3 is 6.09 Å². The first-order chi connectivity index (χ1) is 11.9. The Labute approximate surface area is 151 Å². The molecule has 0 unspecified atom stereocenters. The predicted molar refractivity (Wildman–Crippen MR) is 97.0 cm³/mol. The molecule has 1 fully saturated rings. The molecule has 1 spiro atoms. The average Bonchev–Trinajstić information content (AvgIpc) is 2.49. The van der Waals surface area contributed by atoms with Crippen LogP contribution in [0.25, 0.3) is 10.8 Å². The Morgan fingerprint density at radius 3 is 2.60 bits per heavy atom. The summed E-state index contributed by atoms with van der Waals surface area (Å²) < 4.78 is 5.22. The number of fused-ring (bicyclic) bond motifs is 2. The van der Waals surface area contributed by atoms with Crippen molar-refractivity contribution in [3.05, 3.63) is 46.5 Å². The summed E-state index contributed by atoms with van der Waals surface area (Å²) in [4.78, 5) is 26.4. The number of benzene rings is 2. The van der Waals surface area contributed by atoms with Crippen LogP contribution < -0.4 is 0 Å². The van der Waals surface area contributed by atoms with E-state index in [2.05, 4.69) is 12.1 Å². The molecule has 130 valence electrons. The van der Waals surface area contributed by atoms with Gasteiger partial charge in [-0.1, -0.05) is 29.8 Å². The lowest BCUT2D eigenvalue weighted by Gasteiger charge is -2.50. The maximum atomic E-state index is 12.7. The summed E-state index contributed by atoms with van der Waals surface area (Å²) in [6, 6.07) is 10.0. The number of halogens is 1. The van der Waals surface area contributed by atoms with Crippen molar-refractivity contribution in [2.45, 2.75) is 32.8 Å². The molecule has 1 aliphatic heterocycles. The van der Waals surface area contributed by atoms with Gasteiger partial charge in [-0.15, -0.1) is 0 Å². The third-order valence-corrected chi connectivity index (χ3v) is 5.41. The van der Waals surface area contributed by atoms with Gasteiger partial charge in [-0.2, -0.15) is 0 Å². The van der Waals surface area contributed by atoms with Crippen LogP contribution in [-0.4, -0.2) is 36.0 Å². The zero-order valence-corrected chi connectivity index (χ0v) is 15.1. The van der Waals surface area contributed by atoms with Crippen molar-refractivity contribution in [3.8, 4) is 0 Å². The zero-order chi connectivity index (χ0) is 17.8. The van der Waals surface area contributed by atoms with Gasteiger partial charge in [0.1, 0.15) is 5.78 Å². The van der Waals surface area contributed by atoms with Gasteiger partial charge in [-0.05, 0) is 54.3 Å². The normalized spacial score (nSPS) is 18.4. The Kier molecular flexibility index (Phi) is 3.76. The summed E-state index contributed by atoms with van der Waals surface area (Å²) in [6.45, 7) is 4.55. The largest absolute Gasteiger partial charge is 0.447 e. The molecule has 0 atom stereocenters. The van der Waals surface area contributed by atoms with Gasteiger partial charge in [0, 0.05) is 24.5 Å². The van der Waals surface area contributed by atoms with Crippen LogP contribution in [0.2, 0.25) is 5.02 Å². The number of rotatable bonds is 1. The summed E-state index contributed by atoms with van der Waals surface area (Å²) in [5, 5.41) is 2.90. The number of amides is 1. The quantitative estimate of drug-likeness (QED) is 0.774. The Bertz CT molecular complexity index is 884. The highest BCUT2D eigenvalue weighted by Gasteiger charge is 2.52. The summed E-state index contributed by atoms with van der Waals surface area (Å²) in [5.41, 5.74) is 1.83. The zero-order valence-electron chi connectivity index (χ0n) is 14.3. The lowest BCUT2D eigenvalue weighted by Crippen LogP contribution is -2.64. The van der Waals surface area contributed by atoms with E-state index < -0.39 is 5.41 Å². The number of hydrogen-bond acceptors (Lipinski definition) is 3. The van der Waals surface area contributed by atoms with Crippen molar-refractivity contribution in [1.82, 2.24) is 4.90 Å². The first kappa shape index (κ1) is 16.4. The minimum absolute atomic E-state index is 0.150. The highest BCUT2D eigenvalue weighted by molar-refractivity contribution is 6.31. The van der Waals surface area contributed by atoms with Crippen LogP contribution in [-0.2, 0) is 22.4 Å². The van der Waals surface area contributed by atoms with E-state index in [1.165, 1.54) is 5.56 Å². The third-order valence-electron chi connectivity index (χ3n) is 5.17. The molecule has 4 nitrogen and oxygen atoms in total. The number of hydrogen-bond donors (Lipinski definition) is 0. The SMILES string of the molecule is CC(C)OC(=O)N1CC2(Cc3cc4cc(Cl)ccc4cc3CC2=O)C1. The molecule has 1 amide bonds. The highest BCUT2D eigenvalue weighted by atomic mass is 35.5. The lowest BCUT2D eigenvalue weighted by molar-refractivity contribution is -0.138. The number of likely N-dealkylation sites (tertiary alicyclic amines) is 1. The standard InChI is InChI=1S/C20H20ClNO3/c1-12(2)25-19(24)22-10-20(11-22)9-16-6-14-7-17(21)4-3-13(14)5-15(16)8-18(20)23/h3-7,12H,8-11H2,1-2H3. The fraction of sp³-hybridized carbons (Fsp3) is 0.400. The smallest absolute Gasteiger partial charge is 0.410 e. The molecule has 0 aromatic heterocycles. The molecule has 2 aliphatic rings. The molecule has 5 heteroatoms. The Balaban J connectivity index is 1.59. The van der Waals surface area contributed by atoms with E-state index >= 15 is 0 Å². The van der Waals surface area contributed by atoms with Crippen LogP contribution in [0, 0.1) is 5.41 Å². The van der Waals surface area contributed by atoms with Crippen molar-refractivity contribution in [3.63, 3.8) is 0 Å². The van der Waals surface area contributed by atoms with Gasteiger partial charge in [0.2, 0.25) is 0 Å². The molecular weight excluding hydrogens is 338 g/mol. The van der Waals surface area contributed by atoms with Crippen molar-refractivity contribution < 1.29 is 14.3 Å². The number of carbonyl (C=O) groups excluding carboxylic acids is 2. The average molecular weight is 358 g/mol. The monoisotopic (exact) mass is 357 g/mol. The summed E-state index contributed by atoms with van der Waals surface area (Å²) in [7, 11) is 0. The van der Waals surface area contributed by atoms with E-state index in [1.54, 1.807) is 4.90 Å². The molecule has 0 N–H and O–H groups in total. The molecule has 4 rings (SSSR count). The topological polar surface area (TPSA) is 46.6 Å². The van der Waals surface area contributed by atoms with Crippen molar-refractivity contribution in [1.29, 1.82) is 0 Å². The lowest BCUT2D eigenvalue weighted by atomic mass is 9.65. The molecule has 1 saturated heterocycles. The van der Waals surface area contributed by atoms with E-state index in [4.69, 9.17) is 16.3 Å². The van der Waals surface area contributed by atoms with Gasteiger partial charge in [0.05, 0.1) is 11.5 Å². The third kappa shape index (κ3) is 2.78. The Morgan fingerprint density at radius 2 is 1.88 bits per heavy atom. The molecule has 1 heterocycles. The second-order valence-corrected chi connectivity index (χ2v) is 7.89. The molecule has 25 heavy (non-hydrogen) atoms. The van der Waals surface area contributed by atoms with Crippen LogP contribution in [0.1, 0.15) is 25.0 Å². The molecule has 2 aromatic rings. The van der Waals surface area contributed by atoms with Crippen LogP contribution in [0.5, 0.6) is 0 Å². The van der Waals surface area contributed by atoms with E-state index in [9.17, 15) is 9.59 Å². The van der Waals surface area contributed by atoms with Crippen LogP contribution in [0.15, 0.2) is 30.3 Å². The maximum absolute atomic E-state index is 12.7. The second-order valence-electron chi connectivity index (χ2n) is 7.46. The summed E-state index contributed by atoms with van der Waals surface area (Å²) in [5.74, 6) is 0.224. The van der Waals surface area contributed by atoms with E-state index in [0.717, 1.165) is 16.3 Å². The van der Waals surface area contributed by atoms with Crippen molar-refractivity contribution in [2.75, 3.05) is 13.1 Å². The molecule has 1 aliphatic carbocycles. The van der Waals surface area contributed by atoms with Gasteiger partial charge in [0.15, 0.2) is 0 Å². The van der Waals surface area contributed by atoms with Crippen molar-refractivity contribution in [2.24, 2.45) is 5.41 Å². The van der Waals surface area contributed by atoms with Gasteiger partial charge < -0.3 is 9.64 Å². The first-order valence-electron chi connectivity index (χ1n) is 8.56. The second kappa shape index (κ2) is 5.73. The van der Waals surface area contributed by atoms with Crippen LogP contribution in [0.4, 0.5) is 4.79 Å². The molecule has 0 radical (unpaired) electrons. The Hall–Kier alpha value is -2.07. The van der Waals surface area contributed by atoms with Gasteiger partial charge in [-0.3, -0.25) is 4.79 Å². The molecule has 0 bridgehead atoms. The van der Waals surface area contributed by atoms with Crippen LogP contribution in [0.3, 0.4) is 0 Å².